The molecule has 2 N–H and O–H groups in total. The van der Waals surface area contributed by atoms with Gasteiger partial charge in [0.25, 0.3) is 5.91 Å². The Kier molecular flexibility index (Phi) is 6.56. The molecule has 4 aromatic rings. The summed E-state index contributed by atoms with van der Waals surface area (Å²) in [7, 11) is 1.58. The Hall–Kier alpha value is -4.72. The molecule has 0 unspecified atom stereocenters. The van der Waals surface area contributed by atoms with Gasteiger partial charge in [-0.25, -0.2) is 0 Å². The fraction of sp³-hybridized carbons (Fsp3) is 0.0400. The highest BCUT2D eigenvalue weighted by molar-refractivity contribution is 6.11. The molecule has 1 aromatic heterocycles. The van der Waals surface area contributed by atoms with Crippen LogP contribution in [0.5, 0.6) is 5.75 Å². The van der Waals surface area contributed by atoms with Crippen LogP contribution < -0.4 is 15.4 Å². The van der Waals surface area contributed by atoms with Crippen LogP contribution in [0.25, 0.3) is 17.5 Å². The third-order valence-corrected chi connectivity index (χ3v) is 4.64. The number of nitrogens with zero attached hydrogens (tertiary/aromatic N) is 2. The van der Waals surface area contributed by atoms with Crippen molar-refractivity contribution in [1.29, 1.82) is 0 Å². The number of hydrogen-bond donors (Lipinski definition) is 2. The molecule has 3 aromatic carbocycles. The van der Waals surface area contributed by atoms with Crippen LogP contribution in [0.15, 0.2) is 89.4 Å². The Bertz CT molecular complexity index is 1280. The predicted molar refractivity (Wildman–Crippen MR) is 125 cm³/mol. The number of ether oxygens (including phenoxy) is 1. The Morgan fingerprint density at radius 2 is 1.61 bits per heavy atom. The molecule has 0 aliphatic carbocycles. The van der Waals surface area contributed by atoms with Crippen LogP contribution in [-0.4, -0.2) is 29.1 Å². The number of anilines is 2. The number of carbonyl (C=O) groups excluding carboxylic acids is 2. The van der Waals surface area contributed by atoms with Gasteiger partial charge in [-0.1, -0.05) is 47.6 Å². The smallest absolute Gasteiger partial charge is 0.322 e. The van der Waals surface area contributed by atoms with Crippen molar-refractivity contribution in [3.8, 4) is 17.2 Å². The third-order valence-electron chi connectivity index (χ3n) is 4.64. The van der Waals surface area contributed by atoms with E-state index < -0.39 is 5.91 Å². The van der Waals surface area contributed by atoms with Gasteiger partial charge < -0.3 is 14.5 Å². The first-order valence-corrected chi connectivity index (χ1v) is 10.0. The van der Waals surface area contributed by atoms with Crippen LogP contribution in [-0.2, 0) is 4.79 Å². The van der Waals surface area contributed by atoms with Gasteiger partial charge in [0.15, 0.2) is 0 Å². The second-order valence-corrected chi connectivity index (χ2v) is 6.87. The number of para-hydroxylation sites is 1. The molecule has 1 heterocycles. The van der Waals surface area contributed by atoms with E-state index in [0.29, 0.717) is 17.0 Å². The van der Waals surface area contributed by atoms with Crippen LogP contribution >= 0.6 is 0 Å². The van der Waals surface area contributed by atoms with E-state index >= 15 is 0 Å². The quantitative estimate of drug-likeness (QED) is 0.405. The molecule has 0 atom stereocenters. The maximum atomic E-state index is 12.8. The fourth-order valence-electron chi connectivity index (χ4n) is 2.99. The Morgan fingerprint density at radius 3 is 2.36 bits per heavy atom. The largest absolute Gasteiger partial charge is 0.497 e. The molecule has 0 aliphatic rings. The number of aromatic nitrogens is 2. The van der Waals surface area contributed by atoms with Gasteiger partial charge in [-0.3, -0.25) is 14.9 Å². The zero-order valence-electron chi connectivity index (χ0n) is 17.7. The van der Waals surface area contributed by atoms with E-state index in [4.69, 9.17) is 9.15 Å². The summed E-state index contributed by atoms with van der Waals surface area (Å²) in [5.74, 6) is 0.0891. The topological polar surface area (TPSA) is 106 Å². The van der Waals surface area contributed by atoms with Crippen molar-refractivity contribution in [3.05, 3.63) is 96.1 Å². The Balaban J connectivity index is 1.44. The summed E-state index contributed by atoms with van der Waals surface area (Å²) in [6, 6.07) is 23.1. The highest BCUT2D eigenvalue weighted by Gasteiger charge is 2.16. The number of amides is 2. The minimum absolute atomic E-state index is 0.0593. The maximum absolute atomic E-state index is 12.8. The van der Waals surface area contributed by atoms with Gasteiger partial charge in [-0.05, 0) is 48.0 Å². The molecule has 0 saturated carbocycles. The van der Waals surface area contributed by atoms with Crippen LogP contribution in [0.4, 0.5) is 11.7 Å². The van der Waals surface area contributed by atoms with E-state index in [9.17, 15) is 9.59 Å². The minimum Gasteiger partial charge on any atom is -0.497 e. The number of carbonyl (C=O) groups is 2. The van der Waals surface area contributed by atoms with Crippen LogP contribution in [0.3, 0.4) is 0 Å². The second kappa shape index (κ2) is 10.1. The molecule has 0 spiro atoms. The fourth-order valence-corrected chi connectivity index (χ4v) is 2.99. The van der Waals surface area contributed by atoms with E-state index in [1.807, 2.05) is 30.3 Å². The zero-order chi connectivity index (χ0) is 23.0. The van der Waals surface area contributed by atoms with Crippen molar-refractivity contribution in [2.75, 3.05) is 17.7 Å². The predicted octanol–water partition coefficient (Wildman–Crippen LogP) is 4.65. The number of hydrogen-bond acceptors (Lipinski definition) is 6. The molecular weight excluding hydrogens is 420 g/mol. The van der Waals surface area contributed by atoms with E-state index in [0.717, 1.165) is 5.56 Å². The van der Waals surface area contributed by atoms with Crippen LogP contribution in [0.2, 0.25) is 0 Å². The zero-order valence-corrected chi connectivity index (χ0v) is 17.7. The van der Waals surface area contributed by atoms with Gasteiger partial charge in [-0.2, -0.15) is 0 Å². The van der Waals surface area contributed by atoms with Crippen molar-refractivity contribution in [2.24, 2.45) is 0 Å². The standard InChI is InChI=1S/C25H20N4O4/c1-32-19-14-12-18(13-15-19)24-28-29-25(33-24)27-23(31)20-9-5-6-10-21(20)26-22(30)16-11-17-7-3-2-4-8-17/h2-16H,1H3,(H,26,30)(H,27,29,31)/b16-11+. The minimum atomic E-state index is -0.497. The summed E-state index contributed by atoms with van der Waals surface area (Å²) < 4.78 is 10.7. The summed E-state index contributed by atoms with van der Waals surface area (Å²) in [5.41, 5.74) is 2.18. The SMILES string of the molecule is COc1ccc(-c2nnc(NC(=O)c3ccccc3NC(=O)/C=C/c3ccccc3)o2)cc1. The molecule has 8 heteroatoms. The lowest BCUT2D eigenvalue weighted by Crippen LogP contribution is -2.17. The highest BCUT2D eigenvalue weighted by atomic mass is 16.5. The normalized spacial score (nSPS) is 10.7. The maximum Gasteiger partial charge on any atom is 0.322 e. The lowest BCUT2D eigenvalue weighted by Gasteiger charge is -2.08. The first-order valence-electron chi connectivity index (χ1n) is 10.0. The van der Waals surface area contributed by atoms with Crippen molar-refractivity contribution in [2.45, 2.75) is 0 Å². The van der Waals surface area contributed by atoms with Gasteiger partial charge in [0.05, 0.1) is 18.4 Å². The summed E-state index contributed by atoms with van der Waals surface area (Å²) in [5, 5.41) is 13.1. The van der Waals surface area contributed by atoms with Crippen molar-refractivity contribution in [1.82, 2.24) is 10.2 Å². The molecule has 2 amide bonds. The lowest BCUT2D eigenvalue weighted by atomic mass is 10.1. The molecule has 0 bridgehead atoms. The van der Waals surface area contributed by atoms with E-state index in [-0.39, 0.29) is 23.4 Å². The van der Waals surface area contributed by atoms with Crippen molar-refractivity contribution in [3.63, 3.8) is 0 Å². The summed E-state index contributed by atoms with van der Waals surface area (Å²) >= 11 is 0. The van der Waals surface area contributed by atoms with Gasteiger partial charge in [-0.15, -0.1) is 5.10 Å². The number of benzene rings is 3. The Morgan fingerprint density at radius 1 is 0.879 bits per heavy atom. The number of nitrogens with one attached hydrogen (secondary N) is 2. The van der Waals surface area contributed by atoms with E-state index in [2.05, 4.69) is 20.8 Å². The van der Waals surface area contributed by atoms with Gasteiger partial charge in [0, 0.05) is 11.6 Å². The molecule has 164 valence electrons. The molecular formula is C25H20N4O4. The summed E-state index contributed by atoms with van der Waals surface area (Å²) in [4.78, 5) is 25.1. The molecule has 0 aliphatic heterocycles. The van der Waals surface area contributed by atoms with Gasteiger partial charge >= 0.3 is 6.01 Å². The molecule has 33 heavy (non-hydrogen) atoms. The molecule has 8 nitrogen and oxygen atoms in total. The van der Waals surface area contributed by atoms with Crippen molar-refractivity contribution >= 4 is 29.6 Å². The van der Waals surface area contributed by atoms with Crippen LogP contribution in [0, 0.1) is 0 Å². The monoisotopic (exact) mass is 440 g/mol. The second-order valence-electron chi connectivity index (χ2n) is 6.87. The highest BCUT2D eigenvalue weighted by Crippen LogP contribution is 2.23. The summed E-state index contributed by atoms with van der Waals surface area (Å²) in [6.45, 7) is 0. The average molecular weight is 440 g/mol. The Labute approximate surface area is 189 Å². The average Bonchev–Trinajstić information content (AvgIpc) is 3.32. The van der Waals surface area contributed by atoms with Crippen molar-refractivity contribution < 1.29 is 18.7 Å². The molecule has 4 rings (SSSR count). The van der Waals surface area contributed by atoms with E-state index in [1.54, 1.807) is 61.7 Å². The summed E-state index contributed by atoms with van der Waals surface area (Å²) in [6.07, 6.45) is 3.10. The first kappa shape index (κ1) is 21.5. The first-order chi connectivity index (χ1) is 16.1. The molecule has 0 radical (unpaired) electrons. The number of methoxy groups -OCH3 is 1. The molecule has 0 saturated heterocycles. The number of rotatable bonds is 7. The van der Waals surface area contributed by atoms with Gasteiger partial charge in [0.2, 0.25) is 11.8 Å². The van der Waals surface area contributed by atoms with Gasteiger partial charge in [0.1, 0.15) is 5.75 Å². The van der Waals surface area contributed by atoms with Crippen LogP contribution in [0.1, 0.15) is 15.9 Å². The lowest BCUT2D eigenvalue weighted by molar-refractivity contribution is -0.111. The third kappa shape index (κ3) is 5.50. The van der Waals surface area contributed by atoms with E-state index in [1.165, 1.54) is 6.08 Å². The molecule has 0 fully saturated rings.